The summed E-state index contributed by atoms with van der Waals surface area (Å²) >= 11 is 0. The number of furan rings is 2. The van der Waals surface area contributed by atoms with Crippen LogP contribution in [-0.2, 0) is 0 Å². The maximum atomic E-state index is 6.62. The van der Waals surface area contributed by atoms with Crippen molar-refractivity contribution in [2.45, 2.75) is 0 Å². The molecule has 0 aliphatic carbocycles. The molecule has 0 saturated heterocycles. The van der Waals surface area contributed by atoms with Gasteiger partial charge in [-0.05, 0) is 67.7 Å². The average Bonchev–Trinajstić information content (AvgIpc) is 3.64. The second-order valence-corrected chi connectivity index (χ2v) is 10.5. The molecule has 0 N–H and O–H groups in total. The van der Waals surface area contributed by atoms with Gasteiger partial charge >= 0.3 is 0 Å². The van der Waals surface area contributed by atoms with Crippen molar-refractivity contribution in [1.82, 2.24) is 0 Å². The number of rotatable bonds is 2. The summed E-state index contributed by atoms with van der Waals surface area (Å²) < 4.78 is 12.5. The molecule has 2 heterocycles. The van der Waals surface area contributed by atoms with E-state index in [1.54, 1.807) is 6.26 Å². The van der Waals surface area contributed by atoms with E-state index < -0.39 is 0 Å². The summed E-state index contributed by atoms with van der Waals surface area (Å²) in [6.07, 6.45) is 1.75. The average molecular weight is 511 g/mol. The molecule has 0 atom stereocenters. The van der Waals surface area contributed by atoms with Crippen molar-refractivity contribution < 1.29 is 8.83 Å². The first-order chi connectivity index (χ1) is 19.8. The molecule has 186 valence electrons. The molecule has 0 saturated carbocycles. The van der Waals surface area contributed by atoms with Gasteiger partial charge in [-0.15, -0.1) is 0 Å². The Kier molecular flexibility index (Phi) is 4.36. The lowest BCUT2D eigenvalue weighted by atomic mass is 9.85. The minimum Gasteiger partial charge on any atom is -0.464 e. The summed E-state index contributed by atoms with van der Waals surface area (Å²) in [7, 11) is 0. The molecule has 0 aliphatic rings. The standard InChI is InChI=1S/C38H22O2/c1-2-9-25-22-26(17-16-23(25)8-1)34-27-10-3-5-12-29(27)35(30-13-6-4-11-28(30)34)31-14-7-15-32-36-33(40-38(31)32)19-18-24-20-21-39-37(24)36/h1-22H. The molecule has 0 radical (unpaired) electrons. The van der Waals surface area contributed by atoms with Gasteiger partial charge in [0.1, 0.15) is 16.7 Å². The Hall–Kier alpha value is -5.34. The fraction of sp³-hybridized carbons (Fsp3) is 0. The molecular formula is C38H22O2. The van der Waals surface area contributed by atoms with Crippen LogP contribution in [0.15, 0.2) is 142 Å². The molecule has 2 nitrogen and oxygen atoms in total. The summed E-state index contributed by atoms with van der Waals surface area (Å²) in [5.41, 5.74) is 7.35. The van der Waals surface area contributed by atoms with Gasteiger partial charge in [-0.3, -0.25) is 0 Å². The van der Waals surface area contributed by atoms with Crippen LogP contribution in [0.4, 0.5) is 0 Å². The predicted octanol–water partition coefficient (Wildman–Crippen LogP) is 11.1. The maximum Gasteiger partial charge on any atom is 0.145 e. The van der Waals surface area contributed by atoms with Crippen molar-refractivity contribution in [3.63, 3.8) is 0 Å². The number of hydrogen-bond acceptors (Lipinski definition) is 2. The second-order valence-electron chi connectivity index (χ2n) is 10.5. The van der Waals surface area contributed by atoms with Crippen LogP contribution in [0.5, 0.6) is 0 Å². The molecular weight excluding hydrogens is 488 g/mol. The lowest BCUT2D eigenvalue weighted by Crippen LogP contribution is -1.91. The molecule has 9 rings (SSSR count). The van der Waals surface area contributed by atoms with Gasteiger partial charge in [-0.25, -0.2) is 0 Å². The van der Waals surface area contributed by atoms with Crippen LogP contribution in [0.2, 0.25) is 0 Å². The Bertz CT molecular complexity index is 2380. The summed E-state index contributed by atoms with van der Waals surface area (Å²) in [6, 6.07) is 45.5. The van der Waals surface area contributed by atoms with Gasteiger partial charge in [0.2, 0.25) is 0 Å². The predicted molar refractivity (Wildman–Crippen MR) is 167 cm³/mol. The Morgan fingerprint density at radius 3 is 1.85 bits per heavy atom. The molecule has 0 fully saturated rings. The molecule has 0 aliphatic heterocycles. The third kappa shape index (κ3) is 2.93. The topological polar surface area (TPSA) is 26.3 Å². The van der Waals surface area contributed by atoms with Crippen molar-refractivity contribution >= 4 is 65.2 Å². The highest BCUT2D eigenvalue weighted by atomic mass is 16.3. The van der Waals surface area contributed by atoms with Crippen LogP contribution < -0.4 is 0 Å². The first kappa shape index (κ1) is 21.6. The van der Waals surface area contributed by atoms with Crippen LogP contribution in [0.1, 0.15) is 0 Å². The number of hydrogen-bond donors (Lipinski definition) is 0. The third-order valence-corrected chi connectivity index (χ3v) is 8.32. The number of benzene rings is 7. The summed E-state index contributed by atoms with van der Waals surface area (Å²) in [5.74, 6) is 0. The van der Waals surface area contributed by atoms with E-state index in [2.05, 4.69) is 121 Å². The van der Waals surface area contributed by atoms with Gasteiger partial charge in [0.05, 0.1) is 11.6 Å². The zero-order valence-electron chi connectivity index (χ0n) is 21.5. The molecule has 7 aromatic carbocycles. The first-order valence-corrected chi connectivity index (χ1v) is 13.6. The van der Waals surface area contributed by atoms with Crippen LogP contribution in [0.25, 0.3) is 87.5 Å². The largest absolute Gasteiger partial charge is 0.464 e. The van der Waals surface area contributed by atoms with Crippen molar-refractivity contribution in [3.05, 3.63) is 134 Å². The van der Waals surface area contributed by atoms with Crippen molar-refractivity contribution in [1.29, 1.82) is 0 Å². The molecule has 0 unspecified atom stereocenters. The number of fused-ring (bicyclic) bond motifs is 8. The molecule has 9 aromatic rings. The lowest BCUT2D eigenvalue weighted by molar-refractivity contribution is 0.618. The van der Waals surface area contributed by atoms with E-state index in [1.165, 1.54) is 49.0 Å². The van der Waals surface area contributed by atoms with E-state index in [0.717, 1.165) is 38.5 Å². The molecule has 2 aromatic heterocycles. The fourth-order valence-corrected chi connectivity index (χ4v) is 6.58. The van der Waals surface area contributed by atoms with E-state index in [9.17, 15) is 0 Å². The monoisotopic (exact) mass is 510 g/mol. The zero-order valence-corrected chi connectivity index (χ0v) is 21.5. The quantitative estimate of drug-likeness (QED) is 0.216. The highest BCUT2D eigenvalue weighted by Gasteiger charge is 2.21. The van der Waals surface area contributed by atoms with Gasteiger partial charge in [0.15, 0.2) is 0 Å². The van der Waals surface area contributed by atoms with Crippen molar-refractivity contribution in [3.8, 4) is 22.3 Å². The SMILES string of the molecule is c1ccc2cc(-c3c4ccccc4c(-c4cccc5c4oc4ccc6ccoc6c45)c4ccccc34)ccc2c1. The van der Waals surface area contributed by atoms with Crippen LogP contribution in [0, 0.1) is 0 Å². The van der Waals surface area contributed by atoms with E-state index >= 15 is 0 Å². The molecule has 40 heavy (non-hydrogen) atoms. The van der Waals surface area contributed by atoms with Gasteiger partial charge in [0.25, 0.3) is 0 Å². The smallest absolute Gasteiger partial charge is 0.145 e. The third-order valence-electron chi connectivity index (χ3n) is 8.32. The Morgan fingerprint density at radius 2 is 1.07 bits per heavy atom. The Morgan fingerprint density at radius 1 is 0.425 bits per heavy atom. The number of para-hydroxylation sites is 1. The fourth-order valence-electron chi connectivity index (χ4n) is 6.58. The van der Waals surface area contributed by atoms with Crippen LogP contribution in [0.3, 0.4) is 0 Å². The van der Waals surface area contributed by atoms with Crippen LogP contribution in [-0.4, -0.2) is 0 Å². The van der Waals surface area contributed by atoms with Crippen LogP contribution >= 0.6 is 0 Å². The normalized spacial score (nSPS) is 12.0. The van der Waals surface area contributed by atoms with E-state index in [1.807, 2.05) is 6.07 Å². The maximum absolute atomic E-state index is 6.62. The summed E-state index contributed by atoms with van der Waals surface area (Å²) in [6.45, 7) is 0. The lowest BCUT2D eigenvalue weighted by Gasteiger charge is -2.18. The molecule has 2 heteroatoms. The van der Waals surface area contributed by atoms with E-state index in [-0.39, 0.29) is 0 Å². The van der Waals surface area contributed by atoms with Gasteiger partial charge in [-0.1, -0.05) is 103 Å². The van der Waals surface area contributed by atoms with Crippen molar-refractivity contribution in [2.24, 2.45) is 0 Å². The zero-order chi connectivity index (χ0) is 26.2. The summed E-state index contributed by atoms with van der Waals surface area (Å²) in [5, 5.41) is 10.5. The Balaban J connectivity index is 1.43. The Labute approximate surface area is 229 Å². The van der Waals surface area contributed by atoms with E-state index in [0.29, 0.717) is 0 Å². The minimum atomic E-state index is 0.839. The van der Waals surface area contributed by atoms with Gasteiger partial charge in [0, 0.05) is 21.9 Å². The van der Waals surface area contributed by atoms with Crippen molar-refractivity contribution in [2.75, 3.05) is 0 Å². The highest BCUT2D eigenvalue weighted by Crippen LogP contribution is 2.47. The molecule has 0 spiro atoms. The van der Waals surface area contributed by atoms with Gasteiger partial charge in [-0.2, -0.15) is 0 Å². The minimum absolute atomic E-state index is 0.839. The summed E-state index contributed by atoms with van der Waals surface area (Å²) in [4.78, 5) is 0. The molecule has 0 amide bonds. The molecule has 0 bridgehead atoms. The van der Waals surface area contributed by atoms with E-state index in [4.69, 9.17) is 8.83 Å². The van der Waals surface area contributed by atoms with Gasteiger partial charge < -0.3 is 8.83 Å². The first-order valence-electron chi connectivity index (χ1n) is 13.6. The second kappa shape index (κ2) is 8.08. The highest BCUT2D eigenvalue weighted by molar-refractivity contribution is 6.25.